The fourth-order valence-corrected chi connectivity index (χ4v) is 2.32. The molecule has 0 aliphatic carbocycles. The molecule has 0 aromatic heterocycles. The Balaban J connectivity index is 2.71. The molecular weight excluding hydrogens is 278 g/mol. The molecule has 84 valence electrons. The van der Waals surface area contributed by atoms with Gasteiger partial charge in [-0.05, 0) is 41.3 Å². The minimum absolute atomic E-state index is 0.682. The summed E-state index contributed by atoms with van der Waals surface area (Å²) >= 11 is 3.46. The summed E-state index contributed by atoms with van der Waals surface area (Å²) in [5, 5.41) is 3.78. The van der Waals surface area contributed by atoms with Crippen LogP contribution in [0.2, 0.25) is 0 Å². The maximum absolute atomic E-state index is 8.63. The summed E-state index contributed by atoms with van der Waals surface area (Å²) in [4.78, 5) is 2.89. The van der Waals surface area contributed by atoms with E-state index in [0.717, 1.165) is 21.2 Å². The second kappa shape index (κ2) is 5.04. The summed E-state index contributed by atoms with van der Waals surface area (Å²) in [5.74, 6) is 0. The van der Waals surface area contributed by atoms with Crippen LogP contribution in [0.25, 0.3) is 21.6 Å². The van der Waals surface area contributed by atoms with Gasteiger partial charge in [0, 0.05) is 15.1 Å². The second-order valence-corrected chi connectivity index (χ2v) is 4.59. The van der Waals surface area contributed by atoms with E-state index in [9.17, 15) is 0 Å². The molecule has 0 saturated carbocycles. The summed E-state index contributed by atoms with van der Waals surface area (Å²) < 4.78 is 0.978. The van der Waals surface area contributed by atoms with Gasteiger partial charge in [-0.2, -0.15) is 0 Å². The van der Waals surface area contributed by atoms with Crippen LogP contribution in [-0.2, 0) is 0 Å². The maximum Gasteiger partial charge on any atom is 0.0483 e. The quantitative estimate of drug-likeness (QED) is 0.405. The van der Waals surface area contributed by atoms with E-state index in [1.807, 2.05) is 49.4 Å². The molecule has 0 saturated heterocycles. The SMILES string of the molecule is Cc1cc(Br)cc(-c2ccccc2)c1N=[N+]=[N-]. The summed E-state index contributed by atoms with van der Waals surface area (Å²) in [6.07, 6.45) is 0. The summed E-state index contributed by atoms with van der Waals surface area (Å²) in [6.45, 7) is 1.93. The summed E-state index contributed by atoms with van der Waals surface area (Å²) in [5.41, 5.74) is 12.2. The van der Waals surface area contributed by atoms with Gasteiger partial charge in [-0.25, -0.2) is 0 Å². The zero-order chi connectivity index (χ0) is 12.3. The van der Waals surface area contributed by atoms with Crippen LogP contribution < -0.4 is 0 Å². The van der Waals surface area contributed by atoms with Crippen LogP contribution >= 0.6 is 15.9 Å². The Morgan fingerprint density at radius 1 is 1.18 bits per heavy atom. The number of azide groups is 1. The van der Waals surface area contributed by atoms with Crippen molar-refractivity contribution >= 4 is 21.6 Å². The molecule has 4 heteroatoms. The molecule has 0 amide bonds. The lowest BCUT2D eigenvalue weighted by atomic mass is 10.0. The standard InChI is InChI=1S/C13H10BrN3/c1-9-7-11(14)8-12(13(9)16-17-15)10-5-3-2-4-6-10/h2-8H,1H3. The predicted octanol–water partition coefficient (Wildman–Crippen LogP) is 5.37. The summed E-state index contributed by atoms with van der Waals surface area (Å²) in [7, 11) is 0. The van der Waals surface area contributed by atoms with Gasteiger partial charge in [0.05, 0.1) is 0 Å². The number of hydrogen-bond acceptors (Lipinski definition) is 1. The fraction of sp³-hybridized carbons (Fsp3) is 0.0769. The monoisotopic (exact) mass is 287 g/mol. The molecule has 0 bridgehead atoms. The Bertz CT molecular complexity index is 587. The molecule has 0 N–H and O–H groups in total. The first-order valence-electron chi connectivity index (χ1n) is 5.13. The van der Waals surface area contributed by atoms with E-state index in [-0.39, 0.29) is 0 Å². The first-order chi connectivity index (χ1) is 8.22. The normalized spacial score (nSPS) is 9.76. The third-order valence-electron chi connectivity index (χ3n) is 2.49. The molecule has 3 nitrogen and oxygen atoms in total. The number of nitrogens with zero attached hydrogens (tertiary/aromatic N) is 3. The Hall–Kier alpha value is -1.77. The van der Waals surface area contributed by atoms with E-state index in [0.29, 0.717) is 5.69 Å². The highest BCUT2D eigenvalue weighted by molar-refractivity contribution is 9.10. The van der Waals surface area contributed by atoms with Crippen LogP contribution in [0.5, 0.6) is 0 Å². The van der Waals surface area contributed by atoms with Crippen LogP contribution in [0.3, 0.4) is 0 Å². The van der Waals surface area contributed by atoms with E-state index < -0.39 is 0 Å². The molecule has 2 aromatic rings. The number of benzene rings is 2. The lowest BCUT2D eigenvalue weighted by Gasteiger charge is -2.09. The average Bonchev–Trinajstić information content (AvgIpc) is 2.33. The van der Waals surface area contributed by atoms with E-state index >= 15 is 0 Å². The van der Waals surface area contributed by atoms with Gasteiger partial charge in [-0.3, -0.25) is 0 Å². The molecule has 0 spiro atoms. The third-order valence-corrected chi connectivity index (χ3v) is 2.95. The van der Waals surface area contributed by atoms with Gasteiger partial charge in [-0.1, -0.05) is 51.4 Å². The molecule has 17 heavy (non-hydrogen) atoms. The number of hydrogen-bond donors (Lipinski definition) is 0. The van der Waals surface area contributed by atoms with Crippen molar-refractivity contribution in [3.63, 3.8) is 0 Å². The Morgan fingerprint density at radius 3 is 2.53 bits per heavy atom. The van der Waals surface area contributed by atoms with Crippen molar-refractivity contribution in [2.75, 3.05) is 0 Å². The predicted molar refractivity (Wildman–Crippen MR) is 73.1 cm³/mol. The van der Waals surface area contributed by atoms with Crippen molar-refractivity contribution in [1.29, 1.82) is 0 Å². The molecule has 2 rings (SSSR count). The van der Waals surface area contributed by atoms with Gasteiger partial charge in [-0.15, -0.1) is 0 Å². The van der Waals surface area contributed by atoms with Gasteiger partial charge in [0.15, 0.2) is 0 Å². The van der Waals surface area contributed by atoms with E-state index in [1.54, 1.807) is 0 Å². The highest BCUT2D eigenvalue weighted by atomic mass is 79.9. The van der Waals surface area contributed by atoms with Crippen LogP contribution in [0.1, 0.15) is 5.56 Å². The highest BCUT2D eigenvalue weighted by Gasteiger charge is 2.07. The largest absolute Gasteiger partial charge is 0.0622 e. The lowest BCUT2D eigenvalue weighted by molar-refractivity contribution is 1.36. The van der Waals surface area contributed by atoms with Crippen molar-refractivity contribution in [2.45, 2.75) is 6.92 Å². The zero-order valence-corrected chi connectivity index (χ0v) is 10.8. The van der Waals surface area contributed by atoms with Gasteiger partial charge < -0.3 is 0 Å². The van der Waals surface area contributed by atoms with Crippen LogP contribution in [0.4, 0.5) is 5.69 Å². The molecule has 0 heterocycles. The van der Waals surface area contributed by atoms with Crippen molar-refractivity contribution in [1.82, 2.24) is 0 Å². The fourth-order valence-electron chi connectivity index (χ4n) is 1.75. The van der Waals surface area contributed by atoms with E-state index in [1.165, 1.54) is 0 Å². The highest BCUT2D eigenvalue weighted by Crippen LogP contribution is 2.36. The van der Waals surface area contributed by atoms with Crippen molar-refractivity contribution < 1.29 is 0 Å². The van der Waals surface area contributed by atoms with Crippen molar-refractivity contribution in [2.24, 2.45) is 5.11 Å². The Labute approximate surface area is 108 Å². The molecule has 2 aromatic carbocycles. The number of rotatable bonds is 2. The van der Waals surface area contributed by atoms with Crippen molar-refractivity contribution in [3.05, 3.63) is 62.9 Å². The topological polar surface area (TPSA) is 48.8 Å². The van der Waals surface area contributed by atoms with Gasteiger partial charge in [0.2, 0.25) is 0 Å². The van der Waals surface area contributed by atoms with Gasteiger partial charge in [0.25, 0.3) is 0 Å². The van der Waals surface area contributed by atoms with Crippen LogP contribution in [0, 0.1) is 6.92 Å². The first kappa shape index (κ1) is 11.7. The first-order valence-corrected chi connectivity index (χ1v) is 5.92. The smallest absolute Gasteiger partial charge is 0.0483 e. The van der Waals surface area contributed by atoms with E-state index in [2.05, 4.69) is 26.0 Å². The zero-order valence-electron chi connectivity index (χ0n) is 9.26. The average molecular weight is 288 g/mol. The van der Waals surface area contributed by atoms with Gasteiger partial charge >= 0.3 is 0 Å². The molecule has 0 fully saturated rings. The number of halogens is 1. The van der Waals surface area contributed by atoms with Crippen LogP contribution in [0.15, 0.2) is 52.1 Å². The minimum atomic E-state index is 0.682. The van der Waals surface area contributed by atoms with Gasteiger partial charge in [0.1, 0.15) is 0 Å². The molecule has 0 radical (unpaired) electrons. The Morgan fingerprint density at radius 2 is 1.88 bits per heavy atom. The van der Waals surface area contributed by atoms with Crippen LogP contribution in [-0.4, -0.2) is 0 Å². The molecule has 0 atom stereocenters. The maximum atomic E-state index is 8.63. The molecular formula is C13H10BrN3. The second-order valence-electron chi connectivity index (χ2n) is 3.67. The van der Waals surface area contributed by atoms with E-state index in [4.69, 9.17) is 5.53 Å². The number of aryl methyl sites for hydroxylation is 1. The Kier molecular flexibility index (Phi) is 3.47. The third kappa shape index (κ3) is 2.49. The minimum Gasteiger partial charge on any atom is -0.0622 e. The molecule has 0 aliphatic heterocycles. The molecule has 0 unspecified atom stereocenters. The molecule has 0 aliphatic rings. The lowest BCUT2D eigenvalue weighted by Crippen LogP contribution is -1.83. The summed E-state index contributed by atoms with van der Waals surface area (Å²) in [6, 6.07) is 13.8. The van der Waals surface area contributed by atoms with Crippen molar-refractivity contribution in [3.8, 4) is 11.1 Å².